The van der Waals surface area contributed by atoms with Gasteiger partial charge in [0.15, 0.2) is 34.9 Å². The number of hydrogen-bond acceptors (Lipinski definition) is 9. The molecule has 0 aliphatic heterocycles. The van der Waals surface area contributed by atoms with E-state index < -0.39 is 0 Å². The highest BCUT2D eigenvalue weighted by atomic mass is 15.0. The van der Waals surface area contributed by atoms with Crippen molar-refractivity contribution in [2.75, 3.05) is 0 Å². The van der Waals surface area contributed by atoms with Crippen LogP contribution in [0, 0.1) is 0 Å². The van der Waals surface area contributed by atoms with Gasteiger partial charge in [-0.15, -0.1) is 0 Å². The minimum Gasteiger partial charge on any atom is -0.256 e. The highest BCUT2D eigenvalue weighted by molar-refractivity contribution is 5.95. The molecule has 0 saturated heterocycles. The molecule has 0 fully saturated rings. The third-order valence-corrected chi connectivity index (χ3v) is 17.2. The van der Waals surface area contributed by atoms with E-state index >= 15 is 0 Å². The molecule has 0 bridgehead atoms. The molecule has 0 aliphatic rings. The summed E-state index contributed by atoms with van der Waals surface area (Å²) in [7, 11) is 0. The first-order valence-corrected chi connectivity index (χ1v) is 31.9. The molecule has 0 radical (unpaired) electrons. The Morgan fingerprint density at radius 1 is 0.146 bits per heavy atom. The molecule has 11 aromatic carbocycles. The van der Waals surface area contributed by atoms with E-state index in [4.69, 9.17) is 39.9 Å². The van der Waals surface area contributed by atoms with E-state index in [9.17, 15) is 0 Å². The Morgan fingerprint density at radius 2 is 0.375 bits per heavy atom. The van der Waals surface area contributed by atoms with Crippen LogP contribution in [-0.2, 0) is 0 Å². The standard InChI is InChI=1S/C87H57N9/c1-5-21-64(22-6-1)82-91-83(65-23-7-2-8-24-65)94-86(93-82)68-48-50-80(89-56-68)62-44-38-59(39-45-62)74-30-14-17-33-77(74)71-53-70(76-32-16-13-29-73(76)58-36-42-61(43-37-58)79-35-19-20-52-88-79)54-72(55-71)78-34-18-15-31-75(78)60-40-46-63(47-41-60)81-51-49-69(57-90-81)87-95-84(66-25-9-3-10-26-66)92-85(96-87)67-27-11-4-12-28-67/h1-57H. The number of benzene rings is 11. The number of aromatic nitrogens is 9. The van der Waals surface area contributed by atoms with Gasteiger partial charge in [-0.1, -0.05) is 273 Å². The predicted octanol–water partition coefficient (Wildman–Crippen LogP) is 21.2. The number of nitrogens with zero attached hydrogens (tertiary/aromatic N) is 9. The Balaban J connectivity index is 0.735. The van der Waals surface area contributed by atoms with Crippen LogP contribution >= 0.6 is 0 Å². The lowest BCUT2D eigenvalue weighted by Crippen LogP contribution is -2.00. The van der Waals surface area contributed by atoms with Crippen molar-refractivity contribution in [2.24, 2.45) is 0 Å². The van der Waals surface area contributed by atoms with E-state index in [1.165, 1.54) is 0 Å². The zero-order valence-corrected chi connectivity index (χ0v) is 51.9. The van der Waals surface area contributed by atoms with Crippen LogP contribution in [0.2, 0.25) is 0 Å². The van der Waals surface area contributed by atoms with Gasteiger partial charge in [0.2, 0.25) is 0 Å². The fourth-order valence-corrected chi connectivity index (χ4v) is 12.3. The average molecular weight is 1230 g/mol. The molecule has 9 nitrogen and oxygen atoms in total. The van der Waals surface area contributed by atoms with Crippen LogP contribution < -0.4 is 0 Å². The predicted molar refractivity (Wildman–Crippen MR) is 388 cm³/mol. The van der Waals surface area contributed by atoms with Crippen LogP contribution in [-0.4, -0.2) is 44.9 Å². The molecule has 5 heterocycles. The second-order valence-electron chi connectivity index (χ2n) is 23.3. The van der Waals surface area contributed by atoms with Gasteiger partial charge in [0.25, 0.3) is 0 Å². The molecule has 5 aromatic heterocycles. The summed E-state index contributed by atoms with van der Waals surface area (Å²) >= 11 is 0. The third kappa shape index (κ3) is 12.2. The highest BCUT2D eigenvalue weighted by Crippen LogP contribution is 2.43. The minimum atomic E-state index is 0.559. The van der Waals surface area contributed by atoms with E-state index in [1.54, 1.807) is 0 Å². The Hall–Kier alpha value is -13.1. The molecule has 0 saturated carbocycles. The molecule has 16 rings (SSSR count). The number of rotatable bonds is 15. The molecule has 450 valence electrons. The molecule has 0 N–H and O–H groups in total. The first-order valence-electron chi connectivity index (χ1n) is 31.9. The van der Waals surface area contributed by atoms with E-state index in [1.807, 2.05) is 182 Å². The number of hydrogen-bond donors (Lipinski definition) is 0. The summed E-state index contributed by atoms with van der Waals surface area (Å²) in [6, 6.07) is 114. The van der Waals surface area contributed by atoms with Crippen molar-refractivity contribution >= 4 is 0 Å². The average Bonchev–Trinajstić information content (AvgIpc) is 0.830. The van der Waals surface area contributed by atoms with Gasteiger partial charge in [-0.05, 0) is 121 Å². The topological polar surface area (TPSA) is 116 Å². The SMILES string of the molecule is c1ccc(-c2nc(-c3ccccc3)nc(-c3ccc(-c4ccc(-c5ccccc5-c5cc(-c6ccccc6-c6ccc(-c7ccccn7)cc6)cc(-c6ccccc6-c6ccc(-c7ccc(-c8nc(-c9ccccc9)nc(-c9ccccc9)n8)cn7)cc6)c5)cc4)nc3)n2)cc1. The zero-order valence-electron chi connectivity index (χ0n) is 51.9. The van der Waals surface area contributed by atoms with Crippen LogP contribution in [0.3, 0.4) is 0 Å². The fraction of sp³-hybridized carbons (Fsp3) is 0. The Bertz CT molecular complexity index is 5000. The third-order valence-electron chi connectivity index (χ3n) is 17.2. The van der Waals surface area contributed by atoms with Crippen molar-refractivity contribution in [2.45, 2.75) is 0 Å². The van der Waals surface area contributed by atoms with Gasteiger partial charge >= 0.3 is 0 Å². The molecular formula is C87H57N9. The molecule has 0 spiro atoms. The van der Waals surface area contributed by atoms with E-state index in [0.717, 1.165) is 134 Å². The highest BCUT2D eigenvalue weighted by Gasteiger charge is 2.19. The van der Waals surface area contributed by atoms with Crippen molar-refractivity contribution in [3.05, 3.63) is 346 Å². The minimum absolute atomic E-state index is 0.559. The molecule has 9 heteroatoms. The van der Waals surface area contributed by atoms with Gasteiger partial charge in [0, 0.05) is 68.7 Å². The first-order chi connectivity index (χ1) is 47.5. The lowest BCUT2D eigenvalue weighted by atomic mass is 9.86. The van der Waals surface area contributed by atoms with Gasteiger partial charge in [0.1, 0.15) is 0 Å². The Morgan fingerprint density at radius 3 is 0.635 bits per heavy atom. The van der Waals surface area contributed by atoms with Gasteiger partial charge in [-0.25, -0.2) is 29.9 Å². The van der Waals surface area contributed by atoms with E-state index in [2.05, 4.69) is 169 Å². The van der Waals surface area contributed by atoms with Crippen LogP contribution in [0.4, 0.5) is 0 Å². The summed E-state index contributed by atoms with van der Waals surface area (Å²) in [5.41, 5.74) is 24.2. The van der Waals surface area contributed by atoms with Gasteiger partial charge in [-0.2, -0.15) is 0 Å². The van der Waals surface area contributed by atoms with E-state index in [0.29, 0.717) is 34.9 Å². The normalized spacial score (nSPS) is 11.1. The second kappa shape index (κ2) is 26.2. The lowest BCUT2D eigenvalue weighted by molar-refractivity contribution is 1.07. The summed E-state index contributed by atoms with van der Waals surface area (Å²) < 4.78 is 0. The van der Waals surface area contributed by atoms with Crippen molar-refractivity contribution in [3.63, 3.8) is 0 Å². The maximum Gasteiger partial charge on any atom is 0.165 e. The lowest BCUT2D eigenvalue weighted by Gasteiger charge is -2.18. The maximum absolute atomic E-state index is 4.99. The molecule has 0 aliphatic carbocycles. The monoisotopic (exact) mass is 1230 g/mol. The second-order valence-corrected chi connectivity index (χ2v) is 23.3. The van der Waals surface area contributed by atoms with Gasteiger partial charge in [0.05, 0.1) is 17.1 Å². The van der Waals surface area contributed by atoms with Crippen molar-refractivity contribution in [3.8, 4) is 169 Å². The summed E-state index contributed by atoms with van der Waals surface area (Å²) in [6.45, 7) is 0. The zero-order chi connectivity index (χ0) is 64.0. The Kier molecular flexibility index (Phi) is 15.9. The maximum atomic E-state index is 4.99. The molecule has 96 heavy (non-hydrogen) atoms. The first kappa shape index (κ1) is 58.0. The molecule has 0 amide bonds. The molecular weight excluding hydrogens is 1170 g/mol. The fourth-order valence-electron chi connectivity index (χ4n) is 12.3. The van der Waals surface area contributed by atoms with Crippen LogP contribution in [0.25, 0.3) is 169 Å². The molecule has 0 atom stereocenters. The van der Waals surface area contributed by atoms with Crippen molar-refractivity contribution in [1.82, 2.24) is 44.9 Å². The quantitative estimate of drug-likeness (QED) is 0.0989. The smallest absolute Gasteiger partial charge is 0.165 e. The summed E-state index contributed by atoms with van der Waals surface area (Å²) in [5.74, 6) is 3.54. The van der Waals surface area contributed by atoms with Crippen LogP contribution in [0.1, 0.15) is 0 Å². The van der Waals surface area contributed by atoms with Crippen LogP contribution in [0.5, 0.6) is 0 Å². The van der Waals surface area contributed by atoms with E-state index in [-0.39, 0.29) is 0 Å². The van der Waals surface area contributed by atoms with Crippen molar-refractivity contribution in [1.29, 1.82) is 0 Å². The summed E-state index contributed by atoms with van der Waals surface area (Å²) in [4.78, 5) is 44.1. The van der Waals surface area contributed by atoms with Crippen molar-refractivity contribution < 1.29 is 0 Å². The largest absolute Gasteiger partial charge is 0.256 e. The number of pyridine rings is 3. The van der Waals surface area contributed by atoms with Gasteiger partial charge < -0.3 is 0 Å². The summed E-state index contributed by atoms with van der Waals surface area (Å²) in [5, 5.41) is 0. The summed E-state index contributed by atoms with van der Waals surface area (Å²) in [6.07, 6.45) is 5.54. The van der Waals surface area contributed by atoms with Gasteiger partial charge in [-0.3, -0.25) is 15.0 Å². The van der Waals surface area contributed by atoms with Crippen LogP contribution in [0.15, 0.2) is 346 Å². The Labute approximate surface area is 556 Å². The molecule has 16 aromatic rings. The molecule has 0 unspecified atom stereocenters.